The maximum Gasteiger partial charge on any atom is 0.0700 e. The van der Waals surface area contributed by atoms with Crippen molar-refractivity contribution >= 4 is 11.8 Å². The Morgan fingerprint density at radius 2 is 2.21 bits per heavy atom. The van der Waals surface area contributed by atoms with E-state index >= 15 is 0 Å². The summed E-state index contributed by atoms with van der Waals surface area (Å²) in [6.07, 6.45) is 4.57. The van der Waals surface area contributed by atoms with Crippen LogP contribution in [0.3, 0.4) is 0 Å². The summed E-state index contributed by atoms with van der Waals surface area (Å²) in [4.78, 5) is 0. The first-order valence-corrected chi connectivity index (χ1v) is 6.94. The molecule has 1 aliphatic heterocycles. The van der Waals surface area contributed by atoms with Gasteiger partial charge in [0.05, 0.1) is 6.10 Å². The summed E-state index contributed by atoms with van der Waals surface area (Å²) in [7, 11) is 0. The minimum atomic E-state index is 0.420. The average molecular weight is 215 g/mol. The zero-order valence-electron chi connectivity index (χ0n) is 9.00. The minimum Gasteiger partial charge on any atom is -0.377 e. The van der Waals surface area contributed by atoms with Crippen molar-refractivity contribution < 1.29 is 4.74 Å². The molecule has 3 heteroatoms. The van der Waals surface area contributed by atoms with Crippen LogP contribution in [0, 0.1) is 5.92 Å². The topological polar surface area (TPSA) is 21.3 Å². The number of hydrogen-bond acceptors (Lipinski definition) is 3. The van der Waals surface area contributed by atoms with Crippen LogP contribution in [0.4, 0.5) is 0 Å². The van der Waals surface area contributed by atoms with Gasteiger partial charge in [-0.15, -0.1) is 0 Å². The molecule has 2 unspecified atom stereocenters. The number of nitrogens with one attached hydrogen (secondary N) is 1. The van der Waals surface area contributed by atoms with E-state index in [1.807, 2.05) is 0 Å². The molecule has 2 fully saturated rings. The predicted molar refractivity (Wildman–Crippen MR) is 61.9 cm³/mol. The molecule has 2 nitrogen and oxygen atoms in total. The smallest absolute Gasteiger partial charge is 0.0700 e. The standard InChI is InChI=1S/C11H21NOS/c1-9-11(4-6-13-9)12-5-7-14-8-10-2-3-10/h9-12H,2-8H2,1H3. The normalized spacial score (nSPS) is 32.4. The van der Waals surface area contributed by atoms with E-state index < -0.39 is 0 Å². The molecule has 2 rings (SSSR count). The van der Waals surface area contributed by atoms with Gasteiger partial charge in [-0.3, -0.25) is 0 Å². The van der Waals surface area contributed by atoms with E-state index in [4.69, 9.17) is 4.74 Å². The number of hydrogen-bond donors (Lipinski definition) is 1. The van der Waals surface area contributed by atoms with Gasteiger partial charge in [0.15, 0.2) is 0 Å². The van der Waals surface area contributed by atoms with Crippen LogP contribution in [0.2, 0.25) is 0 Å². The molecule has 0 aromatic carbocycles. The first-order chi connectivity index (χ1) is 6.86. The van der Waals surface area contributed by atoms with Crippen LogP contribution in [0.5, 0.6) is 0 Å². The molecule has 0 aromatic rings. The number of ether oxygens (including phenoxy) is 1. The second-order valence-corrected chi connectivity index (χ2v) is 5.59. The molecule has 1 saturated heterocycles. The van der Waals surface area contributed by atoms with E-state index in [1.165, 1.54) is 30.8 Å². The van der Waals surface area contributed by atoms with Gasteiger partial charge >= 0.3 is 0 Å². The maximum atomic E-state index is 5.50. The van der Waals surface area contributed by atoms with Crippen molar-refractivity contribution in [2.45, 2.75) is 38.3 Å². The summed E-state index contributed by atoms with van der Waals surface area (Å²) in [6, 6.07) is 0.608. The van der Waals surface area contributed by atoms with Crippen molar-refractivity contribution in [3.8, 4) is 0 Å². The highest BCUT2D eigenvalue weighted by Crippen LogP contribution is 2.32. The first kappa shape index (κ1) is 10.8. The SMILES string of the molecule is CC1OCCC1NCCSCC1CC1. The lowest BCUT2D eigenvalue weighted by molar-refractivity contribution is 0.113. The molecule has 1 heterocycles. The summed E-state index contributed by atoms with van der Waals surface area (Å²) in [5.41, 5.74) is 0. The van der Waals surface area contributed by atoms with Crippen LogP contribution < -0.4 is 5.32 Å². The second-order valence-electron chi connectivity index (χ2n) is 4.44. The Hall–Kier alpha value is 0.270. The molecule has 0 radical (unpaired) electrons. The van der Waals surface area contributed by atoms with Crippen molar-refractivity contribution in [2.75, 3.05) is 24.7 Å². The number of rotatable bonds is 6. The Bertz CT molecular complexity index is 173. The van der Waals surface area contributed by atoms with Crippen molar-refractivity contribution in [3.63, 3.8) is 0 Å². The van der Waals surface area contributed by atoms with Gasteiger partial charge < -0.3 is 10.1 Å². The molecule has 2 aliphatic rings. The van der Waals surface area contributed by atoms with Crippen molar-refractivity contribution in [1.29, 1.82) is 0 Å². The van der Waals surface area contributed by atoms with Gasteiger partial charge in [-0.1, -0.05) is 0 Å². The molecular weight excluding hydrogens is 194 g/mol. The van der Waals surface area contributed by atoms with Crippen LogP contribution in [0.25, 0.3) is 0 Å². The first-order valence-electron chi connectivity index (χ1n) is 5.79. The van der Waals surface area contributed by atoms with E-state index in [1.54, 1.807) is 0 Å². The summed E-state index contributed by atoms with van der Waals surface area (Å²) >= 11 is 2.11. The second kappa shape index (κ2) is 5.38. The summed E-state index contributed by atoms with van der Waals surface area (Å²) in [6.45, 7) is 4.26. The summed E-state index contributed by atoms with van der Waals surface area (Å²) < 4.78 is 5.50. The van der Waals surface area contributed by atoms with Gasteiger partial charge in [-0.25, -0.2) is 0 Å². The average Bonchev–Trinajstić information content (AvgIpc) is 2.91. The number of thioether (sulfide) groups is 1. The molecule has 1 aliphatic carbocycles. The Morgan fingerprint density at radius 1 is 1.36 bits per heavy atom. The van der Waals surface area contributed by atoms with E-state index in [9.17, 15) is 0 Å². The third-order valence-electron chi connectivity index (χ3n) is 3.08. The van der Waals surface area contributed by atoms with Crippen LogP contribution in [0.15, 0.2) is 0 Å². The highest BCUT2D eigenvalue weighted by Gasteiger charge is 2.23. The Morgan fingerprint density at radius 3 is 2.86 bits per heavy atom. The van der Waals surface area contributed by atoms with Gasteiger partial charge in [0, 0.05) is 24.9 Å². The minimum absolute atomic E-state index is 0.420. The van der Waals surface area contributed by atoms with Crippen LogP contribution in [0.1, 0.15) is 26.2 Å². The molecule has 0 spiro atoms. The van der Waals surface area contributed by atoms with Crippen LogP contribution in [-0.4, -0.2) is 36.8 Å². The van der Waals surface area contributed by atoms with Gasteiger partial charge in [0.1, 0.15) is 0 Å². The zero-order valence-corrected chi connectivity index (χ0v) is 9.81. The summed E-state index contributed by atoms with van der Waals surface area (Å²) in [5, 5.41) is 3.58. The molecule has 14 heavy (non-hydrogen) atoms. The summed E-state index contributed by atoms with van der Waals surface area (Å²) in [5.74, 6) is 3.71. The molecule has 0 aromatic heterocycles. The predicted octanol–water partition coefficient (Wildman–Crippen LogP) is 1.90. The maximum absolute atomic E-state index is 5.50. The van der Waals surface area contributed by atoms with Gasteiger partial charge in [0.25, 0.3) is 0 Å². The molecule has 82 valence electrons. The van der Waals surface area contributed by atoms with E-state index in [-0.39, 0.29) is 0 Å². The van der Waals surface area contributed by atoms with Crippen molar-refractivity contribution in [1.82, 2.24) is 5.32 Å². The fourth-order valence-electron chi connectivity index (χ4n) is 1.85. The fraction of sp³-hybridized carbons (Fsp3) is 1.00. The van der Waals surface area contributed by atoms with E-state index in [2.05, 4.69) is 24.0 Å². The Kier molecular flexibility index (Phi) is 4.14. The molecule has 1 N–H and O–H groups in total. The molecule has 2 atom stereocenters. The van der Waals surface area contributed by atoms with Crippen LogP contribution >= 0.6 is 11.8 Å². The lowest BCUT2D eigenvalue weighted by Crippen LogP contribution is -2.36. The molecule has 0 amide bonds. The molecule has 1 saturated carbocycles. The molecular formula is C11H21NOS. The van der Waals surface area contributed by atoms with Gasteiger partial charge in [0.2, 0.25) is 0 Å². The molecule has 0 bridgehead atoms. The van der Waals surface area contributed by atoms with Gasteiger partial charge in [-0.2, -0.15) is 11.8 Å². The monoisotopic (exact) mass is 215 g/mol. The highest BCUT2D eigenvalue weighted by molar-refractivity contribution is 7.99. The van der Waals surface area contributed by atoms with E-state index in [0.29, 0.717) is 12.1 Å². The lowest BCUT2D eigenvalue weighted by Gasteiger charge is -2.15. The van der Waals surface area contributed by atoms with E-state index in [0.717, 1.165) is 19.1 Å². The van der Waals surface area contributed by atoms with Crippen LogP contribution in [-0.2, 0) is 4.74 Å². The van der Waals surface area contributed by atoms with Gasteiger partial charge in [-0.05, 0) is 37.9 Å². The van der Waals surface area contributed by atoms with Crippen molar-refractivity contribution in [3.05, 3.63) is 0 Å². The third kappa shape index (κ3) is 3.44. The third-order valence-corrected chi connectivity index (χ3v) is 4.28. The zero-order chi connectivity index (χ0) is 9.80. The Labute approximate surface area is 91.2 Å². The quantitative estimate of drug-likeness (QED) is 0.684. The fourth-order valence-corrected chi connectivity index (χ4v) is 2.95. The van der Waals surface area contributed by atoms with Crippen molar-refractivity contribution in [2.24, 2.45) is 5.92 Å². The largest absolute Gasteiger partial charge is 0.377 e. The Balaban J connectivity index is 1.45. The highest BCUT2D eigenvalue weighted by atomic mass is 32.2. The lowest BCUT2D eigenvalue weighted by atomic mass is 10.2.